The highest BCUT2D eigenvalue weighted by Crippen LogP contribution is 2.23. The molecule has 0 aromatic heterocycles. The highest BCUT2D eigenvalue weighted by atomic mass is 79.9. The van der Waals surface area contributed by atoms with Gasteiger partial charge in [0.15, 0.2) is 0 Å². The molecule has 1 heterocycles. The van der Waals surface area contributed by atoms with E-state index in [1.54, 1.807) is 0 Å². The number of rotatable bonds is 2. The number of hydrogen-bond donors (Lipinski definition) is 0. The molecule has 0 bridgehead atoms. The van der Waals surface area contributed by atoms with Crippen LogP contribution in [0.15, 0.2) is 28.7 Å². The second kappa shape index (κ2) is 5.32. The Kier molecular flexibility index (Phi) is 4.03. The van der Waals surface area contributed by atoms with Crippen LogP contribution in [-0.2, 0) is 11.3 Å². The summed E-state index contributed by atoms with van der Waals surface area (Å²) in [6, 6.07) is 8.05. The van der Waals surface area contributed by atoms with E-state index in [1.807, 2.05) is 23.1 Å². The minimum absolute atomic E-state index is 0.00346. The maximum Gasteiger partial charge on any atom is 0.236 e. The predicted octanol–water partition coefficient (Wildman–Crippen LogP) is 3.34. The zero-order valence-electron chi connectivity index (χ0n) is 8.83. The summed E-state index contributed by atoms with van der Waals surface area (Å²) in [5, 5.41) is 0. The maximum atomic E-state index is 11.9. The fourth-order valence-corrected chi connectivity index (χ4v) is 2.91. The van der Waals surface area contributed by atoms with Crippen molar-refractivity contribution in [1.29, 1.82) is 0 Å². The summed E-state index contributed by atoms with van der Waals surface area (Å²) >= 11 is 6.93. The first kappa shape index (κ1) is 12.1. The molecule has 0 spiro atoms. The van der Waals surface area contributed by atoms with E-state index < -0.39 is 0 Å². The molecule has 0 N–H and O–H groups in total. The van der Waals surface area contributed by atoms with E-state index in [1.165, 1.54) is 0 Å². The first-order valence-electron chi connectivity index (χ1n) is 5.35. The Bertz CT molecular complexity index is 394. The second-order valence-electron chi connectivity index (χ2n) is 3.96. The van der Waals surface area contributed by atoms with Crippen molar-refractivity contribution in [2.24, 2.45) is 0 Å². The summed E-state index contributed by atoms with van der Waals surface area (Å²) < 4.78 is 1.07. The van der Waals surface area contributed by atoms with Gasteiger partial charge in [-0.05, 0) is 24.5 Å². The smallest absolute Gasteiger partial charge is 0.236 e. The Morgan fingerprint density at radius 3 is 2.88 bits per heavy atom. The molecular formula is C12H13Br2NO. The lowest BCUT2D eigenvalue weighted by molar-refractivity contribution is -0.133. The second-order valence-corrected chi connectivity index (χ2v) is 5.92. The molecule has 1 amide bonds. The SMILES string of the molecule is O=C1C(Br)CCCN1Cc1ccccc1Br. The molecule has 1 aliphatic rings. The van der Waals surface area contributed by atoms with E-state index in [4.69, 9.17) is 0 Å². The molecule has 1 atom stereocenters. The Morgan fingerprint density at radius 1 is 1.38 bits per heavy atom. The highest BCUT2D eigenvalue weighted by molar-refractivity contribution is 9.10. The predicted molar refractivity (Wildman–Crippen MR) is 71.5 cm³/mol. The number of carbonyl (C=O) groups excluding carboxylic acids is 1. The van der Waals surface area contributed by atoms with Gasteiger partial charge in [-0.3, -0.25) is 4.79 Å². The number of piperidine rings is 1. The quantitative estimate of drug-likeness (QED) is 0.752. The normalized spacial score (nSPS) is 21.2. The Morgan fingerprint density at radius 2 is 2.12 bits per heavy atom. The summed E-state index contributed by atoms with van der Waals surface area (Å²) in [7, 11) is 0. The van der Waals surface area contributed by atoms with Gasteiger partial charge in [0.1, 0.15) is 0 Å². The van der Waals surface area contributed by atoms with Crippen LogP contribution in [0, 0.1) is 0 Å². The van der Waals surface area contributed by atoms with Gasteiger partial charge in [-0.1, -0.05) is 50.1 Å². The van der Waals surface area contributed by atoms with E-state index in [9.17, 15) is 4.79 Å². The van der Waals surface area contributed by atoms with Gasteiger partial charge in [0.05, 0.1) is 4.83 Å². The van der Waals surface area contributed by atoms with Crippen molar-refractivity contribution in [1.82, 2.24) is 4.90 Å². The number of alkyl halides is 1. The third-order valence-corrected chi connectivity index (χ3v) is 4.41. The summed E-state index contributed by atoms with van der Waals surface area (Å²) in [6.45, 7) is 1.56. The monoisotopic (exact) mass is 345 g/mol. The fourth-order valence-electron chi connectivity index (χ4n) is 1.88. The number of benzene rings is 1. The van der Waals surface area contributed by atoms with E-state index in [-0.39, 0.29) is 10.7 Å². The number of nitrogens with zero attached hydrogens (tertiary/aromatic N) is 1. The summed E-state index contributed by atoms with van der Waals surface area (Å²) in [5.74, 6) is 0.210. The van der Waals surface area contributed by atoms with Gasteiger partial charge < -0.3 is 4.90 Å². The molecule has 16 heavy (non-hydrogen) atoms. The molecule has 1 aromatic carbocycles. The summed E-state index contributed by atoms with van der Waals surface area (Å²) in [6.07, 6.45) is 2.03. The molecule has 4 heteroatoms. The largest absolute Gasteiger partial charge is 0.337 e. The summed E-state index contributed by atoms with van der Waals surface area (Å²) in [4.78, 5) is 13.8. The molecule has 1 aliphatic heterocycles. The van der Waals surface area contributed by atoms with Crippen molar-refractivity contribution in [2.75, 3.05) is 6.54 Å². The van der Waals surface area contributed by atoms with E-state index in [0.29, 0.717) is 6.54 Å². The minimum Gasteiger partial charge on any atom is -0.337 e. The first-order valence-corrected chi connectivity index (χ1v) is 7.05. The zero-order chi connectivity index (χ0) is 11.5. The van der Waals surface area contributed by atoms with Gasteiger partial charge in [0, 0.05) is 17.6 Å². The molecular weight excluding hydrogens is 334 g/mol. The Labute approximate surface area is 112 Å². The Balaban J connectivity index is 2.10. The van der Waals surface area contributed by atoms with Crippen LogP contribution < -0.4 is 0 Å². The summed E-state index contributed by atoms with van der Waals surface area (Å²) in [5.41, 5.74) is 1.16. The van der Waals surface area contributed by atoms with Gasteiger partial charge >= 0.3 is 0 Å². The van der Waals surface area contributed by atoms with Crippen LogP contribution in [0.5, 0.6) is 0 Å². The molecule has 2 nitrogen and oxygen atoms in total. The van der Waals surface area contributed by atoms with Gasteiger partial charge in [-0.15, -0.1) is 0 Å². The van der Waals surface area contributed by atoms with Crippen LogP contribution in [0.1, 0.15) is 18.4 Å². The van der Waals surface area contributed by atoms with Gasteiger partial charge in [0.2, 0.25) is 5.91 Å². The van der Waals surface area contributed by atoms with E-state index >= 15 is 0 Å². The van der Waals surface area contributed by atoms with E-state index in [2.05, 4.69) is 37.9 Å². The van der Waals surface area contributed by atoms with E-state index in [0.717, 1.165) is 29.4 Å². The fraction of sp³-hybridized carbons (Fsp3) is 0.417. The molecule has 0 saturated carbocycles. The lowest BCUT2D eigenvalue weighted by Gasteiger charge is -2.30. The molecule has 2 rings (SSSR count). The van der Waals surface area contributed by atoms with Crippen molar-refractivity contribution < 1.29 is 4.79 Å². The lowest BCUT2D eigenvalue weighted by Crippen LogP contribution is -2.41. The third kappa shape index (κ3) is 2.66. The number of halogens is 2. The van der Waals surface area contributed by atoms with Crippen LogP contribution in [0.4, 0.5) is 0 Å². The molecule has 1 fully saturated rings. The van der Waals surface area contributed by atoms with Crippen LogP contribution in [0.25, 0.3) is 0 Å². The van der Waals surface area contributed by atoms with Crippen molar-refractivity contribution >= 4 is 37.8 Å². The lowest BCUT2D eigenvalue weighted by atomic mass is 10.1. The van der Waals surface area contributed by atoms with Crippen molar-refractivity contribution in [3.63, 3.8) is 0 Å². The molecule has 0 aliphatic carbocycles. The Hall–Kier alpha value is -0.350. The number of likely N-dealkylation sites (tertiary alicyclic amines) is 1. The van der Waals surface area contributed by atoms with Crippen LogP contribution in [0.3, 0.4) is 0 Å². The van der Waals surface area contributed by atoms with Gasteiger partial charge in [-0.2, -0.15) is 0 Å². The molecule has 0 radical (unpaired) electrons. The number of amides is 1. The van der Waals surface area contributed by atoms with Crippen molar-refractivity contribution in [3.8, 4) is 0 Å². The standard InChI is InChI=1S/C12H13Br2NO/c13-10-5-2-1-4-9(10)8-15-7-3-6-11(14)12(15)16/h1-2,4-5,11H,3,6-8H2. The van der Waals surface area contributed by atoms with Crippen LogP contribution >= 0.6 is 31.9 Å². The first-order chi connectivity index (χ1) is 7.68. The van der Waals surface area contributed by atoms with Crippen molar-refractivity contribution in [2.45, 2.75) is 24.2 Å². The van der Waals surface area contributed by atoms with Gasteiger partial charge in [-0.25, -0.2) is 0 Å². The van der Waals surface area contributed by atoms with Crippen molar-refractivity contribution in [3.05, 3.63) is 34.3 Å². The minimum atomic E-state index is 0.00346. The molecule has 1 unspecified atom stereocenters. The molecule has 1 aromatic rings. The topological polar surface area (TPSA) is 20.3 Å². The zero-order valence-corrected chi connectivity index (χ0v) is 12.0. The van der Waals surface area contributed by atoms with Crippen LogP contribution in [-0.4, -0.2) is 22.2 Å². The highest BCUT2D eigenvalue weighted by Gasteiger charge is 2.26. The van der Waals surface area contributed by atoms with Gasteiger partial charge in [0.25, 0.3) is 0 Å². The van der Waals surface area contributed by atoms with Crippen LogP contribution in [0.2, 0.25) is 0 Å². The number of carbonyl (C=O) groups is 1. The average molecular weight is 347 g/mol. The molecule has 1 saturated heterocycles. The average Bonchev–Trinajstić information content (AvgIpc) is 2.28. The molecule has 86 valence electrons. The number of hydrogen-bond acceptors (Lipinski definition) is 1. The third-order valence-electron chi connectivity index (χ3n) is 2.78. The maximum absolute atomic E-state index is 11.9.